The van der Waals surface area contributed by atoms with Crippen LogP contribution in [0.4, 0.5) is 18.9 Å². The van der Waals surface area contributed by atoms with E-state index in [0.29, 0.717) is 54.3 Å². The van der Waals surface area contributed by atoms with Gasteiger partial charge in [0.25, 0.3) is 5.91 Å². The summed E-state index contributed by atoms with van der Waals surface area (Å²) in [5.74, 6) is -0.296. The van der Waals surface area contributed by atoms with Gasteiger partial charge >= 0.3 is 6.18 Å². The zero-order valence-corrected chi connectivity index (χ0v) is 21.3. The summed E-state index contributed by atoms with van der Waals surface area (Å²) >= 11 is 11.9. The van der Waals surface area contributed by atoms with Crippen LogP contribution >= 0.6 is 23.2 Å². The van der Waals surface area contributed by atoms with Crippen molar-refractivity contribution in [2.45, 2.75) is 24.4 Å². The normalized spacial score (nSPS) is 17.5. The lowest BCUT2D eigenvalue weighted by molar-refractivity contribution is -0.137. The van der Waals surface area contributed by atoms with E-state index >= 15 is 0 Å². The van der Waals surface area contributed by atoms with Gasteiger partial charge < -0.3 is 4.90 Å². The summed E-state index contributed by atoms with van der Waals surface area (Å²) in [5, 5.41) is 0.871. The zero-order valence-electron chi connectivity index (χ0n) is 19.8. The van der Waals surface area contributed by atoms with Crippen LogP contribution in [0.1, 0.15) is 39.9 Å². The summed E-state index contributed by atoms with van der Waals surface area (Å²) in [6.07, 6.45) is 2.40. The number of aromatic nitrogens is 1. The van der Waals surface area contributed by atoms with Gasteiger partial charge in [-0.05, 0) is 79.5 Å². The molecular formula is C28H24Cl2F3N3O. The molecule has 0 aliphatic carbocycles. The number of halogens is 5. The molecule has 1 aromatic heterocycles. The number of alkyl halides is 3. The molecular weight excluding hydrogens is 522 g/mol. The lowest BCUT2D eigenvalue weighted by atomic mass is 9.74. The molecule has 0 saturated carbocycles. The smallest absolute Gasteiger partial charge is 0.307 e. The number of hydrogen-bond donors (Lipinski definition) is 0. The van der Waals surface area contributed by atoms with Crippen molar-refractivity contribution >= 4 is 40.9 Å². The van der Waals surface area contributed by atoms with Gasteiger partial charge in [0.2, 0.25) is 0 Å². The molecule has 1 saturated heterocycles. The minimum atomic E-state index is -4.46. The summed E-state index contributed by atoms with van der Waals surface area (Å²) in [4.78, 5) is 21.2. The maximum Gasteiger partial charge on any atom is 0.416 e. The van der Waals surface area contributed by atoms with Crippen LogP contribution in [-0.2, 0) is 11.6 Å². The largest absolute Gasteiger partial charge is 0.416 e. The minimum absolute atomic E-state index is 0.187. The second-order valence-electron chi connectivity index (χ2n) is 9.52. The van der Waals surface area contributed by atoms with Gasteiger partial charge in [-0.2, -0.15) is 13.2 Å². The quantitative estimate of drug-likeness (QED) is 0.327. The minimum Gasteiger partial charge on any atom is -0.307 e. The van der Waals surface area contributed by atoms with E-state index in [1.807, 2.05) is 30.3 Å². The first-order valence-corrected chi connectivity index (χ1v) is 12.7. The van der Waals surface area contributed by atoms with Gasteiger partial charge in [-0.25, -0.2) is 4.98 Å². The predicted octanol–water partition coefficient (Wildman–Crippen LogP) is 7.11. The van der Waals surface area contributed by atoms with Crippen molar-refractivity contribution in [1.29, 1.82) is 0 Å². The molecule has 3 heterocycles. The number of anilines is 1. The van der Waals surface area contributed by atoms with Crippen molar-refractivity contribution in [3.05, 3.63) is 99.3 Å². The topological polar surface area (TPSA) is 36.4 Å². The monoisotopic (exact) mass is 545 g/mol. The number of pyridine rings is 1. The van der Waals surface area contributed by atoms with Crippen LogP contribution in [0.2, 0.25) is 10.2 Å². The number of amides is 1. The Kier molecular flexibility index (Phi) is 7.05. The second kappa shape index (κ2) is 10.1. The molecule has 0 N–H and O–H groups in total. The molecule has 2 aliphatic rings. The third kappa shape index (κ3) is 5.40. The molecule has 0 radical (unpaired) electrons. The molecule has 37 heavy (non-hydrogen) atoms. The van der Waals surface area contributed by atoms with Crippen LogP contribution in [0.25, 0.3) is 6.08 Å². The number of rotatable bonds is 4. The van der Waals surface area contributed by atoms with Crippen LogP contribution in [0.15, 0.2) is 66.9 Å². The summed E-state index contributed by atoms with van der Waals surface area (Å²) in [5.41, 5.74) is 1.29. The van der Waals surface area contributed by atoms with Crippen LogP contribution in [0, 0.1) is 0 Å². The van der Waals surface area contributed by atoms with Crippen molar-refractivity contribution in [3.63, 3.8) is 0 Å². The maximum absolute atomic E-state index is 13.6. The first kappa shape index (κ1) is 25.8. The fourth-order valence-corrected chi connectivity index (χ4v) is 5.52. The summed E-state index contributed by atoms with van der Waals surface area (Å²) in [6.45, 7) is 2.48. The van der Waals surface area contributed by atoms with Gasteiger partial charge in [0.05, 0.1) is 5.56 Å². The van der Waals surface area contributed by atoms with Gasteiger partial charge in [-0.3, -0.25) is 9.69 Å². The Morgan fingerprint density at radius 1 is 1.03 bits per heavy atom. The van der Waals surface area contributed by atoms with Crippen molar-refractivity contribution in [1.82, 2.24) is 9.88 Å². The van der Waals surface area contributed by atoms with E-state index in [1.54, 1.807) is 11.0 Å². The molecule has 0 unspecified atom stereocenters. The lowest BCUT2D eigenvalue weighted by Gasteiger charge is -2.39. The molecule has 9 heteroatoms. The Hall–Kier alpha value is -2.87. The number of piperidine rings is 1. The number of nitrogens with zero attached hydrogens (tertiary/aromatic N) is 3. The van der Waals surface area contributed by atoms with Gasteiger partial charge in [-0.1, -0.05) is 47.5 Å². The maximum atomic E-state index is 13.6. The first-order valence-electron chi connectivity index (χ1n) is 11.9. The number of carbonyl (C=O) groups is 1. The second-order valence-corrected chi connectivity index (χ2v) is 10.3. The fraction of sp³-hybridized carbons (Fsp3) is 0.286. The molecule has 1 fully saturated rings. The number of carbonyl (C=O) groups excluding carboxylic acids is 1. The van der Waals surface area contributed by atoms with Crippen LogP contribution in [0.5, 0.6) is 0 Å². The first-order chi connectivity index (χ1) is 17.6. The average molecular weight is 546 g/mol. The van der Waals surface area contributed by atoms with E-state index in [4.69, 9.17) is 23.2 Å². The van der Waals surface area contributed by atoms with E-state index in [9.17, 15) is 18.0 Å². The van der Waals surface area contributed by atoms with Gasteiger partial charge in [0.15, 0.2) is 0 Å². The molecule has 2 aromatic carbocycles. The standard InChI is InChI=1S/C28H24Cl2F3N3O/c29-22-6-3-19(4-7-22)2-1-13-35-14-10-27(11-15-35)18-36(26(37)20-9-12-34-25(30)16-20)24-8-5-21(17-23(24)27)28(31,32)33/h1-9,12,16-17H,10-11,13-15,18H2. The number of benzene rings is 2. The van der Waals surface area contributed by atoms with Crippen molar-refractivity contribution in [2.75, 3.05) is 31.1 Å². The van der Waals surface area contributed by atoms with E-state index < -0.39 is 17.2 Å². The molecule has 1 amide bonds. The Balaban J connectivity index is 1.37. The molecule has 4 nitrogen and oxygen atoms in total. The predicted molar refractivity (Wildman–Crippen MR) is 140 cm³/mol. The van der Waals surface area contributed by atoms with Crippen molar-refractivity contribution in [3.8, 4) is 0 Å². The Morgan fingerprint density at radius 2 is 1.76 bits per heavy atom. The van der Waals surface area contributed by atoms with Gasteiger partial charge in [0, 0.05) is 41.0 Å². The Bertz CT molecular complexity index is 1330. The van der Waals surface area contributed by atoms with Crippen molar-refractivity contribution in [2.24, 2.45) is 0 Å². The van der Waals surface area contributed by atoms with Crippen LogP contribution < -0.4 is 4.90 Å². The molecule has 5 rings (SSSR count). The van der Waals surface area contributed by atoms with E-state index in [2.05, 4.69) is 16.0 Å². The molecule has 0 bridgehead atoms. The number of hydrogen-bond acceptors (Lipinski definition) is 3. The van der Waals surface area contributed by atoms with Crippen LogP contribution in [0.3, 0.4) is 0 Å². The highest BCUT2D eigenvalue weighted by Gasteiger charge is 2.47. The lowest BCUT2D eigenvalue weighted by Crippen LogP contribution is -2.46. The van der Waals surface area contributed by atoms with Crippen LogP contribution in [-0.4, -0.2) is 42.0 Å². The molecule has 192 valence electrons. The summed E-state index contributed by atoms with van der Waals surface area (Å²) in [7, 11) is 0. The number of likely N-dealkylation sites (tertiary alicyclic amines) is 1. The number of fused-ring (bicyclic) bond motifs is 2. The van der Waals surface area contributed by atoms with E-state index in [1.165, 1.54) is 24.4 Å². The fourth-order valence-electron chi connectivity index (χ4n) is 5.22. The third-order valence-electron chi connectivity index (χ3n) is 7.22. The Morgan fingerprint density at radius 3 is 2.43 bits per heavy atom. The molecule has 3 aromatic rings. The summed E-state index contributed by atoms with van der Waals surface area (Å²) in [6, 6.07) is 14.3. The SMILES string of the molecule is O=C(c1ccnc(Cl)c1)N1CC2(CCN(CC=Cc3ccc(Cl)cc3)CC2)c2cc(C(F)(F)F)ccc21. The molecule has 1 spiro atoms. The average Bonchev–Trinajstić information content (AvgIpc) is 3.19. The highest BCUT2D eigenvalue weighted by Crippen LogP contribution is 2.49. The Labute approximate surface area is 223 Å². The van der Waals surface area contributed by atoms with Crippen molar-refractivity contribution < 1.29 is 18.0 Å². The molecule has 2 aliphatic heterocycles. The highest BCUT2D eigenvalue weighted by molar-refractivity contribution is 6.30. The van der Waals surface area contributed by atoms with E-state index in [-0.39, 0.29) is 11.1 Å². The van der Waals surface area contributed by atoms with E-state index in [0.717, 1.165) is 18.2 Å². The summed E-state index contributed by atoms with van der Waals surface area (Å²) < 4.78 is 40.8. The molecule has 0 atom stereocenters. The highest BCUT2D eigenvalue weighted by atomic mass is 35.5. The van der Waals surface area contributed by atoms with Gasteiger partial charge in [-0.15, -0.1) is 0 Å². The third-order valence-corrected chi connectivity index (χ3v) is 7.68. The zero-order chi connectivity index (χ0) is 26.2. The van der Waals surface area contributed by atoms with Gasteiger partial charge in [0.1, 0.15) is 5.15 Å².